The summed E-state index contributed by atoms with van der Waals surface area (Å²) in [6, 6.07) is 20.6. The summed E-state index contributed by atoms with van der Waals surface area (Å²) in [5.41, 5.74) is 2.51. The van der Waals surface area contributed by atoms with Crippen LogP contribution in [-0.4, -0.2) is 10.9 Å². The van der Waals surface area contributed by atoms with E-state index in [0.29, 0.717) is 17.7 Å². The van der Waals surface area contributed by atoms with E-state index in [1.165, 1.54) is 6.20 Å². The smallest absolute Gasteiger partial charge is 0.255 e. The van der Waals surface area contributed by atoms with Crippen LogP contribution in [0.5, 0.6) is 0 Å². The van der Waals surface area contributed by atoms with E-state index in [2.05, 4.69) is 10.3 Å². The minimum absolute atomic E-state index is 0.212. The van der Waals surface area contributed by atoms with Crippen LogP contribution in [0.4, 0.5) is 0 Å². The van der Waals surface area contributed by atoms with Gasteiger partial charge in [0.1, 0.15) is 0 Å². The average Bonchev–Trinajstić information content (AvgIpc) is 2.62. The molecule has 3 rings (SSSR count). The quantitative estimate of drug-likeness (QED) is 0.778. The van der Waals surface area contributed by atoms with Gasteiger partial charge in [0.2, 0.25) is 0 Å². The molecule has 1 heterocycles. The van der Waals surface area contributed by atoms with Gasteiger partial charge in [0.15, 0.2) is 0 Å². The van der Waals surface area contributed by atoms with Crippen molar-refractivity contribution in [1.29, 1.82) is 0 Å². The SMILES string of the molecule is O=C(NCc1ccccc1)c1c[nH]c(=O)c(-c2ccccc2)c1. The molecule has 0 spiro atoms. The number of pyridine rings is 1. The third-order valence-electron chi connectivity index (χ3n) is 3.55. The molecule has 114 valence electrons. The summed E-state index contributed by atoms with van der Waals surface area (Å²) in [6.07, 6.45) is 1.44. The summed E-state index contributed by atoms with van der Waals surface area (Å²) in [4.78, 5) is 26.9. The Morgan fingerprint density at radius 2 is 1.61 bits per heavy atom. The zero-order chi connectivity index (χ0) is 16.1. The Balaban J connectivity index is 1.80. The van der Waals surface area contributed by atoms with Crippen LogP contribution in [0, 0.1) is 0 Å². The molecular weight excluding hydrogens is 288 g/mol. The van der Waals surface area contributed by atoms with Gasteiger partial charge < -0.3 is 10.3 Å². The van der Waals surface area contributed by atoms with Crippen LogP contribution in [0.2, 0.25) is 0 Å². The number of hydrogen-bond acceptors (Lipinski definition) is 2. The maximum absolute atomic E-state index is 12.3. The summed E-state index contributed by atoms with van der Waals surface area (Å²) in [5.74, 6) is -0.220. The van der Waals surface area contributed by atoms with Gasteiger partial charge in [-0.05, 0) is 17.2 Å². The standard InChI is InChI=1S/C19H16N2O2/c22-18(20-12-14-7-3-1-4-8-14)16-11-17(19(23)21-13-16)15-9-5-2-6-10-15/h1-11,13H,12H2,(H,20,22)(H,21,23). The molecule has 2 aromatic carbocycles. The van der Waals surface area contributed by atoms with Crippen LogP contribution < -0.4 is 10.9 Å². The fraction of sp³-hybridized carbons (Fsp3) is 0.0526. The van der Waals surface area contributed by atoms with E-state index < -0.39 is 0 Å². The van der Waals surface area contributed by atoms with E-state index in [4.69, 9.17) is 0 Å². The molecule has 0 bridgehead atoms. The van der Waals surface area contributed by atoms with Crippen molar-refractivity contribution in [3.63, 3.8) is 0 Å². The Kier molecular flexibility index (Phi) is 4.34. The Morgan fingerprint density at radius 3 is 2.30 bits per heavy atom. The van der Waals surface area contributed by atoms with Gasteiger partial charge in [-0.2, -0.15) is 0 Å². The topological polar surface area (TPSA) is 62.0 Å². The minimum Gasteiger partial charge on any atom is -0.348 e. The van der Waals surface area contributed by atoms with Crippen LogP contribution in [0.15, 0.2) is 77.7 Å². The number of rotatable bonds is 4. The lowest BCUT2D eigenvalue weighted by atomic mass is 10.1. The van der Waals surface area contributed by atoms with Crippen molar-refractivity contribution in [1.82, 2.24) is 10.3 Å². The molecule has 0 radical (unpaired) electrons. The highest BCUT2D eigenvalue weighted by molar-refractivity contribution is 5.95. The van der Waals surface area contributed by atoms with Gasteiger partial charge in [0.05, 0.1) is 5.56 Å². The first-order valence-corrected chi connectivity index (χ1v) is 7.34. The molecule has 4 heteroatoms. The average molecular weight is 304 g/mol. The Hall–Kier alpha value is -3.14. The van der Waals surface area contributed by atoms with E-state index in [-0.39, 0.29) is 11.5 Å². The maximum Gasteiger partial charge on any atom is 0.255 e. The van der Waals surface area contributed by atoms with Crippen molar-refractivity contribution in [3.05, 3.63) is 94.4 Å². The summed E-state index contributed by atoms with van der Waals surface area (Å²) in [7, 11) is 0. The van der Waals surface area contributed by atoms with Gasteiger partial charge in [0, 0.05) is 18.3 Å². The van der Waals surface area contributed by atoms with E-state index in [1.54, 1.807) is 6.07 Å². The Bertz CT molecular complexity index is 855. The molecule has 1 aromatic heterocycles. The maximum atomic E-state index is 12.3. The van der Waals surface area contributed by atoms with Crippen molar-refractivity contribution in [3.8, 4) is 11.1 Å². The predicted molar refractivity (Wildman–Crippen MR) is 90.1 cm³/mol. The van der Waals surface area contributed by atoms with Crippen LogP contribution in [0.1, 0.15) is 15.9 Å². The Morgan fingerprint density at radius 1 is 0.957 bits per heavy atom. The van der Waals surface area contributed by atoms with Gasteiger partial charge in [0.25, 0.3) is 11.5 Å². The van der Waals surface area contributed by atoms with Gasteiger partial charge in [-0.15, -0.1) is 0 Å². The molecule has 0 aliphatic heterocycles. The van der Waals surface area contributed by atoms with Crippen molar-refractivity contribution >= 4 is 5.91 Å². The molecule has 3 aromatic rings. The monoisotopic (exact) mass is 304 g/mol. The molecule has 0 atom stereocenters. The molecule has 0 aliphatic carbocycles. The molecule has 23 heavy (non-hydrogen) atoms. The number of hydrogen-bond donors (Lipinski definition) is 2. The first kappa shape index (κ1) is 14.8. The second-order valence-corrected chi connectivity index (χ2v) is 5.17. The first-order valence-electron chi connectivity index (χ1n) is 7.34. The number of amides is 1. The predicted octanol–water partition coefficient (Wildman–Crippen LogP) is 2.97. The van der Waals surface area contributed by atoms with Gasteiger partial charge >= 0.3 is 0 Å². The Labute approximate surface area is 133 Å². The van der Waals surface area contributed by atoms with Crippen LogP contribution in [0.25, 0.3) is 11.1 Å². The molecule has 0 saturated carbocycles. The fourth-order valence-corrected chi connectivity index (χ4v) is 2.33. The molecule has 4 nitrogen and oxygen atoms in total. The summed E-state index contributed by atoms with van der Waals surface area (Å²) >= 11 is 0. The highest BCUT2D eigenvalue weighted by Crippen LogP contribution is 2.15. The normalized spacial score (nSPS) is 10.3. The summed E-state index contributed by atoms with van der Waals surface area (Å²) in [6.45, 7) is 0.444. The second-order valence-electron chi connectivity index (χ2n) is 5.17. The lowest BCUT2D eigenvalue weighted by Crippen LogP contribution is -2.24. The summed E-state index contributed by atoms with van der Waals surface area (Å²) in [5, 5.41) is 2.85. The summed E-state index contributed by atoms with van der Waals surface area (Å²) < 4.78 is 0. The van der Waals surface area contributed by atoms with E-state index in [1.807, 2.05) is 60.7 Å². The van der Waals surface area contributed by atoms with Crippen molar-refractivity contribution in [2.45, 2.75) is 6.54 Å². The third kappa shape index (κ3) is 3.55. The molecule has 0 fully saturated rings. The largest absolute Gasteiger partial charge is 0.348 e. The van der Waals surface area contributed by atoms with Gasteiger partial charge in [-0.3, -0.25) is 9.59 Å². The molecule has 0 saturated heterocycles. The highest BCUT2D eigenvalue weighted by atomic mass is 16.1. The number of carbonyl (C=O) groups excluding carboxylic acids is 1. The molecule has 0 unspecified atom stereocenters. The second kappa shape index (κ2) is 6.75. The van der Waals surface area contributed by atoms with Gasteiger partial charge in [-0.1, -0.05) is 60.7 Å². The zero-order valence-electron chi connectivity index (χ0n) is 12.5. The molecule has 2 N–H and O–H groups in total. The van der Waals surface area contributed by atoms with E-state index >= 15 is 0 Å². The third-order valence-corrected chi connectivity index (χ3v) is 3.55. The number of aromatic amines is 1. The lowest BCUT2D eigenvalue weighted by Gasteiger charge is -2.07. The van der Waals surface area contributed by atoms with Crippen LogP contribution in [-0.2, 0) is 6.54 Å². The van der Waals surface area contributed by atoms with E-state index in [9.17, 15) is 9.59 Å². The first-order chi connectivity index (χ1) is 11.2. The highest BCUT2D eigenvalue weighted by Gasteiger charge is 2.10. The van der Waals surface area contributed by atoms with Gasteiger partial charge in [-0.25, -0.2) is 0 Å². The van der Waals surface area contributed by atoms with E-state index in [0.717, 1.165) is 11.1 Å². The molecule has 1 amide bonds. The number of H-pyrrole nitrogens is 1. The minimum atomic E-state index is -0.220. The zero-order valence-corrected chi connectivity index (χ0v) is 12.5. The lowest BCUT2D eigenvalue weighted by molar-refractivity contribution is 0.0950. The molecular formula is C19H16N2O2. The van der Waals surface area contributed by atoms with Crippen molar-refractivity contribution in [2.24, 2.45) is 0 Å². The number of carbonyl (C=O) groups is 1. The number of benzene rings is 2. The number of aromatic nitrogens is 1. The fourth-order valence-electron chi connectivity index (χ4n) is 2.33. The van der Waals surface area contributed by atoms with Crippen LogP contribution >= 0.6 is 0 Å². The molecule has 0 aliphatic rings. The van der Waals surface area contributed by atoms with Crippen molar-refractivity contribution in [2.75, 3.05) is 0 Å². The van der Waals surface area contributed by atoms with Crippen LogP contribution in [0.3, 0.4) is 0 Å². The van der Waals surface area contributed by atoms with Crippen molar-refractivity contribution < 1.29 is 4.79 Å². The number of nitrogens with one attached hydrogen (secondary N) is 2.